The highest BCUT2D eigenvalue weighted by Crippen LogP contribution is 2.34. The van der Waals surface area contributed by atoms with E-state index in [9.17, 15) is 18.0 Å². The van der Waals surface area contributed by atoms with Gasteiger partial charge in [-0.2, -0.15) is 23.4 Å². The van der Waals surface area contributed by atoms with Gasteiger partial charge in [-0.1, -0.05) is 37.3 Å². The maximum atomic E-state index is 13.8. The fraction of sp³-hybridized carbons (Fsp3) is 0.167. The van der Waals surface area contributed by atoms with Crippen LogP contribution in [0, 0.1) is 0 Å². The van der Waals surface area contributed by atoms with Gasteiger partial charge in [-0.25, -0.2) is 9.50 Å². The number of hydrogen-bond donors (Lipinski definition) is 1. The molecule has 0 aliphatic carbocycles. The fourth-order valence-electron chi connectivity index (χ4n) is 3.60. The molecule has 0 radical (unpaired) electrons. The Labute approximate surface area is 201 Å². The number of anilines is 1. The summed E-state index contributed by atoms with van der Waals surface area (Å²) in [5.74, 6) is -0.658. The number of aryl methyl sites for hydroxylation is 1. The number of aromatic nitrogens is 5. The van der Waals surface area contributed by atoms with Gasteiger partial charge in [0.15, 0.2) is 17.0 Å². The number of carbonyl (C=O) groups excluding carboxylic acids is 1. The van der Waals surface area contributed by atoms with E-state index in [0.717, 1.165) is 22.9 Å². The van der Waals surface area contributed by atoms with Crippen molar-refractivity contribution >= 4 is 28.6 Å². The lowest BCUT2D eigenvalue weighted by Gasteiger charge is -2.10. The Hall–Kier alpha value is -3.99. The van der Waals surface area contributed by atoms with Gasteiger partial charge >= 0.3 is 6.18 Å². The minimum absolute atomic E-state index is 0.0637. The van der Waals surface area contributed by atoms with Crippen molar-refractivity contribution in [3.8, 4) is 10.6 Å². The Morgan fingerprint density at radius 2 is 1.91 bits per heavy atom. The Morgan fingerprint density at radius 1 is 1.11 bits per heavy atom. The quantitative estimate of drug-likeness (QED) is 0.335. The summed E-state index contributed by atoms with van der Waals surface area (Å²) < 4.78 is 43.8. The second-order valence-corrected chi connectivity index (χ2v) is 8.98. The summed E-state index contributed by atoms with van der Waals surface area (Å²) in [7, 11) is 0. The van der Waals surface area contributed by atoms with Crippen molar-refractivity contribution in [2.24, 2.45) is 0 Å². The van der Waals surface area contributed by atoms with Crippen molar-refractivity contribution in [1.29, 1.82) is 0 Å². The van der Waals surface area contributed by atoms with E-state index in [0.29, 0.717) is 21.6 Å². The normalized spacial score (nSPS) is 11.8. The maximum Gasteiger partial charge on any atom is 0.433 e. The first kappa shape index (κ1) is 22.8. The third-order valence-electron chi connectivity index (χ3n) is 5.29. The Morgan fingerprint density at radius 3 is 2.63 bits per heavy atom. The highest BCUT2D eigenvalue weighted by Gasteiger charge is 2.36. The minimum Gasteiger partial charge on any atom is -0.318 e. The maximum absolute atomic E-state index is 13.8. The molecule has 5 rings (SSSR count). The molecule has 1 aromatic carbocycles. The van der Waals surface area contributed by atoms with Gasteiger partial charge in [0, 0.05) is 17.1 Å². The number of fused-ring (bicyclic) bond motifs is 1. The van der Waals surface area contributed by atoms with Crippen LogP contribution in [-0.2, 0) is 19.1 Å². The molecular weight excluding hydrogens is 477 g/mol. The van der Waals surface area contributed by atoms with Crippen LogP contribution < -0.4 is 5.32 Å². The number of nitrogens with zero attached hydrogens (tertiary/aromatic N) is 5. The molecule has 4 heterocycles. The fourth-order valence-corrected chi connectivity index (χ4v) is 4.51. The van der Waals surface area contributed by atoms with Crippen molar-refractivity contribution < 1.29 is 18.0 Å². The number of hydrogen-bond acceptors (Lipinski definition) is 5. The van der Waals surface area contributed by atoms with E-state index in [4.69, 9.17) is 0 Å². The van der Waals surface area contributed by atoms with Gasteiger partial charge < -0.3 is 5.32 Å². The van der Waals surface area contributed by atoms with E-state index in [1.165, 1.54) is 23.6 Å². The second-order valence-electron chi connectivity index (χ2n) is 7.81. The highest BCUT2D eigenvalue weighted by molar-refractivity contribution is 7.15. The zero-order chi connectivity index (χ0) is 24.6. The van der Waals surface area contributed by atoms with Gasteiger partial charge in [-0.3, -0.25) is 9.48 Å². The summed E-state index contributed by atoms with van der Waals surface area (Å²) in [6.45, 7) is 2.48. The highest BCUT2D eigenvalue weighted by atomic mass is 32.1. The summed E-state index contributed by atoms with van der Waals surface area (Å²) in [6.07, 6.45) is -0.798. The number of alkyl halides is 3. The first-order valence-corrected chi connectivity index (χ1v) is 11.6. The van der Waals surface area contributed by atoms with E-state index < -0.39 is 17.8 Å². The van der Waals surface area contributed by atoms with Gasteiger partial charge in [-0.15, -0.1) is 11.3 Å². The number of amides is 1. The van der Waals surface area contributed by atoms with E-state index in [2.05, 4.69) is 20.5 Å². The van der Waals surface area contributed by atoms with Crippen LogP contribution in [0.1, 0.15) is 33.5 Å². The summed E-state index contributed by atoms with van der Waals surface area (Å²) >= 11 is 1.38. The average Bonchev–Trinajstić information content (AvgIpc) is 3.58. The predicted octanol–water partition coefficient (Wildman–Crippen LogP) is 5.54. The van der Waals surface area contributed by atoms with E-state index >= 15 is 0 Å². The van der Waals surface area contributed by atoms with Gasteiger partial charge in [-0.05, 0) is 30.2 Å². The van der Waals surface area contributed by atoms with Crippen LogP contribution in [0.2, 0.25) is 0 Å². The molecule has 35 heavy (non-hydrogen) atoms. The molecule has 5 aromatic rings. The smallest absolute Gasteiger partial charge is 0.318 e. The largest absolute Gasteiger partial charge is 0.433 e. The average molecular weight is 497 g/mol. The molecule has 0 aliphatic heterocycles. The van der Waals surface area contributed by atoms with Crippen molar-refractivity contribution in [1.82, 2.24) is 24.4 Å². The standard InChI is InChI=1S/C24H19F3N6OS/c1-2-17-8-9-20(35-17)18-10-21(24(25,26)27)33-22(30-18)11-19(31-33)23(34)29-16-12-28-32(14-16)13-15-6-4-3-5-7-15/h3-12,14H,2,13H2,1H3,(H,29,34). The topological polar surface area (TPSA) is 77.1 Å². The Balaban J connectivity index is 1.43. The molecule has 1 amide bonds. The molecule has 4 aromatic heterocycles. The van der Waals surface area contributed by atoms with Crippen molar-refractivity contribution in [2.75, 3.05) is 5.32 Å². The molecule has 0 saturated heterocycles. The molecule has 0 fully saturated rings. The van der Waals surface area contributed by atoms with Crippen molar-refractivity contribution in [2.45, 2.75) is 26.1 Å². The van der Waals surface area contributed by atoms with Crippen molar-refractivity contribution in [3.05, 3.63) is 88.8 Å². The van der Waals surface area contributed by atoms with Crippen LogP contribution in [0.4, 0.5) is 18.9 Å². The molecule has 1 N–H and O–H groups in total. The summed E-state index contributed by atoms with van der Waals surface area (Å²) in [4.78, 5) is 18.8. The summed E-state index contributed by atoms with van der Waals surface area (Å²) in [5.41, 5.74) is 0.371. The lowest BCUT2D eigenvalue weighted by molar-refractivity contribution is -0.142. The molecule has 0 bridgehead atoms. The molecule has 0 spiro atoms. The number of carbonyl (C=O) groups is 1. The van der Waals surface area contributed by atoms with E-state index in [1.54, 1.807) is 16.9 Å². The monoisotopic (exact) mass is 496 g/mol. The van der Waals surface area contributed by atoms with Crippen LogP contribution in [0.25, 0.3) is 16.2 Å². The lowest BCUT2D eigenvalue weighted by atomic mass is 10.2. The minimum atomic E-state index is -4.68. The molecule has 178 valence electrons. The zero-order valence-corrected chi connectivity index (χ0v) is 19.3. The molecule has 0 saturated carbocycles. The first-order valence-electron chi connectivity index (χ1n) is 10.7. The van der Waals surface area contributed by atoms with Gasteiger partial charge in [0.2, 0.25) is 0 Å². The molecular formula is C24H19F3N6OS. The van der Waals surface area contributed by atoms with Gasteiger partial charge in [0.05, 0.1) is 29.0 Å². The third-order valence-corrected chi connectivity index (χ3v) is 6.54. The molecule has 0 aliphatic rings. The van der Waals surface area contributed by atoms with Crippen molar-refractivity contribution in [3.63, 3.8) is 0 Å². The molecule has 0 unspecified atom stereocenters. The van der Waals surface area contributed by atoms with Crippen LogP contribution in [0.3, 0.4) is 0 Å². The molecule has 11 heteroatoms. The van der Waals surface area contributed by atoms with Gasteiger partial charge in [0.1, 0.15) is 0 Å². The van der Waals surface area contributed by atoms with E-state index in [1.807, 2.05) is 43.3 Å². The van der Waals surface area contributed by atoms with Crippen LogP contribution >= 0.6 is 11.3 Å². The summed E-state index contributed by atoms with van der Waals surface area (Å²) in [5, 5.41) is 10.8. The third kappa shape index (κ3) is 4.80. The summed E-state index contributed by atoms with van der Waals surface area (Å²) in [6, 6.07) is 15.5. The number of nitrogens with one attached hydrogen (secondary N) is 1. The SMILES string of the molecule is CCc1ccc(-c2cc(C(F)(F)F)n3nc(C(=O)Nc4cnn(Cc5ccccc5)c4)cc3n2)s1. The Kier molecular flexibility index (Phi) is 5.85. The number of rotatable bonds is 6. The van der Waals surface area contributed by atoms with Crippen LogP contribution in [0.15, 0.2) is 67.0 Å². The van der Waals surface area contributed by atoms with Crippen LogP contribution in [0.5, 0.6) is 0 Å². The van der Waals surface area contributed by atoms with Crippen LogP contribution in [-0.4, -0.2) is 30.3 Å². The lowest BCUT2D eigenvalue weighted by Crippen LogP contribution is -2.15. The van der Waals surface area contributed by atoms with Gasteiger partial charge in [0.25, 0.3) is 5.91 Å². The Bertz CT molecular complexity index is 1500. The first-order chi connectivity index (χ1) is 16.8. The van der Waals surface area contributed by atoms with E-state index in [-0.39, 0.29) is 17.0 Å². The number of benzene rings is 1. The predicted molar refractivity (Wildman–Crippen MR) is 126 cm³/mol. The number of thiophene rings is 1. The zero-order valence-electron chi connectivity index (χ0n) is 18.5. The number of halogens is 3. The molecule has 7 nitrogen and oxygen atoms in total. The molecule has 0 atom stereocenters. The second kappa shape index (κ2) is 8.99.